The molecule has 158 valence electrons. The summed E-state index contributed by atoms with van der Waals surface area (Å²) in [7, 11) is 0. The second kappa shape index (κ2) is 9.45. The minimum absolute atomic E-state index is 0.0516. The van der Waals surface area contributed by atoms with Gasteiger partial charge in [0.2, 0.25) is 5.91 Å². The van der Waals surface area contributed by atoms with Crippen LogP contribution in [0, 0.1) is 10.1 Å². The Morgan fingerprint density at radius 2 is 1.80 bits per heavy atom. The van der Waals surface area contributed by atoms with Gasteiger partial charge in [-0.3, -0.25) is 19.7 Å². The number of piperazine rings is 1. The lowest BCUT2D eigenvalue weighted by Crippen LogP contribution is -2.48. The number of rotatable bonds is 6. The van der Waals surface area contributed by atoms with E-state index in [4.69, 9.17) is 16.3 Å². The third-order valence-corrected chi connectivity index (χ3v) is 5.02. The highest BCUT2D eigenvalue weighted by atomic mass is 35.5. The number of anilines is 2. The van der Waals surface area contributed by atoms with E-state index >= 15 is 0 Å². The highest BCUT2D eigenvalue weighted by molar-refractivity contribution is 6.33. The number of nitrogens with one attached hydrogen (secondary N) is 1. The number of halogens is 1. The molecule has 9 nitrogen and oxygen atoms in total. The number of benzene rings is 2. The molecule has 0 radical (unpaired) electrons. The van der Waals surface area contributed by atoms with Crippen molar-refractivity contribution >= 4 is 40.5 Å². The van der Waals surface area contributed by atoms with E-state index in [1.54, 1.807) is 24.0 Å². The van der Waals surface area contributed by atoms with E-state index in [1.165, 1.54) is 24.3 Å². The number of carbonyl (C=O) groups excluding carboxylic acids is 2. The van der Waals surface area contributed by atoms with Crippen LogP contribution in [0.2, 0.25) is 5.02 Å². The quantitative estimate of drug-likeness (QED) is 0.555. The minimum atomic E-state index is -0.507. The number of nitro groups is 1. The number of nitro benzene ring substituents is 1. The zero-order chi connectivity index (χ0) is 21.7. The van der Waals surface area contributed by atoms with Crippen molar-refractivity contribution < 1.29 is 19.2 Å². The van der Waals surface area contributed by atoms with Crippen molar-refractivity contribution in [2.45, 2.75) is 6.92 Å². The van der Waals surface area contributed by atoms with Gasteiger partial charge in [-0.05, 0) is 30.3 Å². The maximum absolute atomic E-state index is 12.1. The normalized spacial score (nSPS) is 13.7. The van der Waals surface area contributed by atoms with Gasteiger partial charge in [0.25, 0.3) is 11.6 Å². The van der Waals surface area contributed by atoms with Gasteiger partial charge < -0.3 is 19.9 Å². The van der Waals surface area contributed by atoms with E-state index in [0.717, 1.165) is 5.69 Å². The summed E-state index contributed by atoms with van der Waals surface area (Å²) in [6.45, 7) is 3.98. The summed E-state index contributed by atoms with van der Waals surface area (Å²) in [5.41, 5.74) is 1.33. The van der Waals surface area contributed by atoms with Crippen molar-refractivity contribution in [2.24, 2.45) is 0 Å². The molecule has 2 aromatic carbocycles. The third kappa shape index (κ3) is 5.38. The average Bonchev–Trinajstić information content (AvgIpc) is 2.73. The molecule has 0 spiro atoms. The van der Waals surface area contributed by atoms with Crippen LogP contribution in [0.1, 0.15) is 6.92 Å². The van der Waals surface area contributed by atoms with Crippen molar-refractivity contribution in [1.29, 1.82) is 0 Å². The monoisotopic (exact) mass is 432 g/mol. The summed E-state index contributed by atoms with van der Waals surface area (Å²) in [6.07, 6.45) is 0. The fraction of sp³-hybridized carbons (Fsp3) is 0.300. The van der Waals surface area contributed by atoms with Crippen LogP contribution in [0.5, 0.6) is 5.75 Å². The van der Waals surface area contributed by atoms with Gasteiger partial charge in [0.15, 0.2) is 6.61 Å². The van der Waals surface area contributed by atoms with Gasteiger partial charge in [0.05, 0.1) is 15.6 Å². The zero-order valence-corrected chi connectivity index (χ0v) is 17.1. The predicted molar refractivity (Wildman–Crippen MR) is 113 cm³/mol. The first-order valence-electron chi connectivity index (χ1n) is 9.30. The Balaban J connectivity index is 1.53. The number of hydrogen-bond acceptors (Lipinski definition) is 6. The fourth-order valence-electron chi connectivity index (χ4n) is 3.11. The molecule has 0 aliphatic carbocycles. The maximum Gasteiger partial charge on any atom is 0.269 e. The van der Waals surface area contributed by atoms with Gasteiger partial charge >= 0.3 is 0 Å². The lowest BCUT2D eigenvalue weighted by Gasteiger charge is -2.36. The Labute approximate surface area is 178 Å². The van der Waals surface area contributed by atoms with Gasteiger partial charge in [-0.2, -0.15) is 0 Å². The van der Waals surface area contributed by atoms with Crippen molar-refractivity contribution in [3.8, 4) is 5.75 Å². The number of hydrogen-bond donors (Lipinski definition) is 1. The lowest BCUT2D eigenvalue weighted by molar-refractivity contribution is -0.384. The predicted octanol–water partition coefficient (Wildman–Crippen LogP) is 2.93. The highest BCUT2D eigenvalue weighted by Crippen LogP contribution is 2.29. The third-order valence-electron chi connectivity index (χ3n) is 4.71. The van der Waals surface area contributed by atoms with E-state index < -0.39 is 4.92 Å². The molecule has 0 atom stereocenters. The van der Waals surface area contributed by atoms with Gasteiger partial charge in [-0.1, -0.05) is 11.6 Å². The molecule has 1 fully saturated rings. The molecule has 2 amide bonds. The summed E-state index contributed by atoms with van der Waals surface area (Å²) in [5.74, 6) is 0.0378. The summed E-state index contributed by atoms with van der Waals surface area (Å²) in [4.78, 5) is 37.6. The molecule has 2 aromatic rings. The smallest absolute Gasteiger partial charge is 0.269 e. The Morgan fingerprint density at radius 1 is 1.13 bits per heavy atom. The largest absolute Gasteiger partial charge is 0.484 e. The number of non-ortho nitro benzene ring substituents is 1. The molecule has 1 N–H and O–H groups in total. The summed E-state index contributed by atoms with van der Waals surface area (Å²) < 4.78 is 5.35. The van der Waals surface area contributed by atoms with Crippen LogP contribution in [0.15, 0.2) is 42.5 Å². The maximum atomic E-state index is 12.1. The molecule has 0 bridgehead atoms. The van der Waals surface area contributed by atoms with Crippen LogP contribution in [0.4, 0.5) is 17.1 Å². The fourth-order valence-corrected chi connectivity index (χ4v) is 3.41. The standard InChI is InChI=1S/C20H21ClN4O5/c1-14(26)23-8-10-24(11-9-23)19-7-2-15(12-18(19)21)22-20(27)13-30-17-5-3-16(4-6-17)25(28)29/h2-7,12H,8-11,13H2,1H3,(H,22,27). The second-order valence-electron chi connectivity index (χ2n) is 6.75. The first-order valence-corrected chi connectivity index (χ1v) is 9.68. The van der Waals surface area contributed by atoms with Gasteiger partial charge in [-0.25, -0.2) is 0 Å². The van der Waals surface area contributed by atoms with Gasteiger partial charge in [0, 0.05) is 50.9 Å². The van der Waals surface area contributed by atoms with E-state index in [0.29, 0.717) is 42.6 Å². The average molecular weight is 433 g/mol. The van der Waals surface area contributed by atoms with E-state index in [-0.39, 0.29) is 24.1 Å². The Kier molecular flexibility index (Phi) is 6.73. The number of amides is 2. The Morgan fingerprint density at radius 3 is 2.37 bits per heavy atom. The highest BCUT2D eigenvalue weighted by Gasteiger charge is 2.20. The first-order chi connectivity index (χ1) is 14.3. The molecule has 3 rings (SSSR count). The van der Waals surface area contributed by atoms with Crippen molar-refractivity contribution in [2.75, 3.05) is 43.0 Å². The molecule has 1 aliphatic rings. The Hall–Kier alpha value is -3.33. The lowest BCUT2D eigenvalue weighted by atomic mass is 10.2. The summed E-state index contributed by atoms with van der Waals surface area (Å²) in [5, 5.41) is 13.9. The Bertz CT molecular complexity index is 943. The van der Waals surface area contributed by atoms with Crippen molar-refractivity contribution in [1.82, 2.24) is 4.90 Å². The molecule has 30 heavy (non-hydrogen) atoms. The molecule has 1 heterocycles. The van der Waals surface area contributed by atoms with Crippen LogP contribution in [0.25, 0.3) is 0 Å². The van der Waals surface area contributed by atoms with Gasteiger partial charge in [-0.15, -0.1) is 0 Å². The molecular formula is C20H21ClN4O5. The molecule has 0 saturated carbocycles. The second-order valence-corrected chi connectivity index (χ2v) is 7.15. The number of ether oxygens (including phenoxy) is 1. The zero-order valence-electron chi connectivity index (χ0n) is 16.3. The molecule has 1 aliphatic heterocycles. The summed E-state index contributed by atoms with van der Waals surface area (Å²) in [6, 6.07) is 10.7. The number of nitrogens with zero attached hydrogens (tertiary/aromatic N) is 3. The SMILES string of the molecule is CC(=O)N1CCN(c2ccc(NC(=O)COc3ccc([N+](=O)[O-])cc3)cc2Cl)CC1. The van der Waals surface area contributed by atoms with E-state index in [1.807, 2.05) is 6.07 Å². The topological polar surface area (TPSA) is 105 Å². The summed E-state index contributed by atoms with van der Waals surface area (Å²) >= 11 is 6.40. The van der Waals surface area contributed by atoms with Crippen LogP contribution in [-0.2, 0) is 9.59 Å². The van der Waals surface area contributed by atoms with E-state index in [2.05, 4.69) is 10.2 Å². The molecule has 0 unspecified atom stereocenters. The van der Waals surface area contributed by atoms with E-state index in [9.17, 15) is 19.7 Å². The van der Waals surface area contributed by atoms with Crippen LogP contribution < -0.4 is 15.0 Å². The number of carbonyl (C=O) groups is 2. The van der Waals surface area contributed by atoms with Crippen LogP contribution in [-0.4, -0.2) is 54.4 Å². The molecule has 0 aromatic heterocycles. The van der Waals surface area contributed by atoms with Gasteiger partial charge in [0.1, 0.15) is 5.75 Å². The molecule has 10 heteroatoms. The minimum Gasteiger partial charge on any atom is -0.484 e. The van der Waals surface area contributed by atoms with Crippen molar-refractivity contribution in [3.63, 3.8) is 0 Å². The molecular weight excluding hydrogens is 412 g/mol. The first kappa shape index (κ1) is 21.4. The van der Waals surface area contributed by atoms with Crippen molar-refractivity contribution in [3.05, 3.63) is 57.6 Å². The molecule has 1 saturated heterocycles. The van der Waals surface area contributed by atoms with Crippen LogP contribution >= 0.6 is 11.6 Å². The van der Waals surface area contributed by atoms with Crippen LogP contribution in [0.3, 0.4) is 0 Å².